The quantitative estimate of drug-likeness (QED) is 0.652. The number of rotatable bonds is 4. The van der Waals surface area contributed by atoms with Gasteiger partial charge in [0.15, 0.2) is 0 Å². The number of nitrogens with zero attached hydrogens (tertiary/aromatic N) is 1. The molecule has 1 aliphatic heterocycles. The summed E-state index contributed by atoms with van der Waals surface area (Å²) in [7, 11) is 1.52. The standard InChI is InChI=1S/C9H16N2O3/c1-11(6-9(13)14)8(12)5-7-3-2-4-10-7/h7,10H,2-6H2,1H3,(H,13,14). The predicted octanol–water partition coefficient (Wildman–Crippen LogP) is -0.328. The number of hydrogen-bond donors (Lipinski definition) is 2. The molecule has 1 saturated heterocycles. The molecule has 0 aromatic rings. The molecule has 14 heavy (non-hydrogen) atoms. The Labute approximate surface area is 83.1 Å². The third kappa shape index (κ3) is 3.33. The SMILES string of the molecule is CN(CC(=O)O)C(=O)CC1CCCN1. The van der Waals surface area contributed by atoms with Crippen LogP contribution in [-0.2, 0) is 9.59 Å². The van der Waals surface area contributed by atoms with Gasteiger partial charge >= 0.3 is 5.97 Å². The summed E-state index contributed by atoms with van der Waals surface area (Å²) < 4.78 is 0. The molecule has 0 bridgehead atoms. The van der Waals surface area contributed by atoms with Gasteiger partial charge in [-0.2, -0.15) is 0 Å². The van der Waals surface area contributed by atoms with E-state index in [1.54, 1.807) is 0 Å². The summed E-state index contributed by atoms with van der Waals surface area (Å²) in [5.74, 6) is -1.08. The number of carbonyl (C=O) groups excluding carboxylic acids is 1. The number of nitrogens with one attached hydrogen (secondary N) is 1. The third-order valence-electron chi connectivity index (χ3n) is 2.38. The molecule has 0 saturated carbocycles. The molecule has 1 rings (SSSR count). The minimum absolute atomic E-state index is 0.105. The van der Waals surface area contributed by atoms with Gasteiger partial charge in [-0.15, -0.1) is 0 Å². The fourth-order valence-electron chi connectivity index (χ4n) is 1.59. The zero-order valence-corrected chi connectivity index (χ0v) is 8.32. The Morgan fingerprint density at radius 2 is 2.29 bits per heavy atom. The molecule has 1 amide bonds. The van der Waals surface area contributed by atoms with Crippen molar-refractivity contribution >= 4 is 11.9 Å². The van der Waals surface area contributed by atoms with Crippen LogP contribution in [0, 0.1) is 0 Å². The Balaban J connectivity index is 2.29. The van der Waals surface area contributed by atoms with Gasteiger partial charge in [0.1, 0.15) is 6.54 Å². The molecule has 0 aromatic heterocycles. The Morgan fingerprint density at radius 3 is 2.79 bits per heavy atom. The smallest absolute Gasteiger partial charge is 0.323 e. The van der Waals surface area contributed by atoms with Crippen molar-refractivity contribution in [2.24, 2.45) is 0 Å². The summed E-state index contributed by atoms with van der Waals surface area (Å²) in [4.78, 5) is 23.1. The second-order valence-electron chi connectivity index (χ2n) is 3.64. The Kier molecular flexibility index (Phi) is 3.88. The number of likely N-dealkylation sites (N-methyl/N-ethyl adjacent to an activating group) is 1. The van der Waals surface area contributed by atoms with E-state index >= 15 is 0 Å². The number of carbonyl (C=O) groups is 2. The number of amides is 1. The van der Waals surface area contributed by atoms with E-state index in [0.717, 1.165) is 19.4 Å². The van der Waals surface area contributed by atoms with Gasteiger partial charge in [-0.05, 0) is 19.4 Å². The minimum atomic E-state index is -0.972. The molecule has 5 heteroatoms. The average molecular weight is 200 g/mol. The second kappa shape index (κ2) is 4.95. The third-order valence-corrected chi connectivity index (χ3v) is 2.38. The van der Waals surface area contributed by atoms with E-state index in [2.05, 4.69) is 5.32 Å². The molecule has 2 N–H and O–H groups in total. The normalized spacial score (nSPS) is 20.8. The van der Waals surface area contributed by atoms with Gasteiger partial charge in [0.25, 0.3) is 0 Å². The first kappa shape index (κ1) is 11.0. The molecule has 1 heterocycles. The van der Waals surface area contributed by atoms with Crippen molar-refractivity contribution in [3.63, 3.8) is 0 Å². The van der Waals surface area contributed by atoms with E-state index in [0.29, 0.717) is 6.42 Å². The number of carboxylic acids is 1. The average Bonchev–Trinajstić information content (AvgIpc) is 2.55. The van der Waals surface area contributed by atoms with E-state index in [-0.39, 0.29) is 18.5 Å². The molecule has 1 aliphatic rings. The van der Waals surface area contributed by atoms with Crippen LogP contribution in [0.4, 0.5) is 0 Å². The zero-order valence-electron chi connectivity index (χ0n) is 8.32. The lowest BCUT2D eigenvalue weighted by molar-refractivity contribution is -0.143. The van der Waals surface area contributed by atoms with Gasteiger partial charge in [0, 0.05) is 19.5 Å². The molecule has 5 nitrogen and oxygen atoms in total. The first-order chi connectivity index (χ1) is 6.59. The number of aliphatic carboxylic acids is 1. The molecule has 1 atom stereocenters. The Bertz CT molecular complexity index is 224. The minimum Gasteiger partial charge on any atom is -0.480 e. The summed E-state index contributed by atoms with van der Waals surface area (Å²) in [6.07, 6.45) is 2.51. The molecule has 80 valence electrons. The van der Waals surface area contributed by atoms with Crippen molar-refractivity contribution in [1.29, 1.82) is 0 Å². The van der Waals surface area contributed by atoms with Crippen LogP contribution >= 0.6 is 0 Å². The summed E-state index contributed by atoms with van der Waals surface area (Å²) in [5, 5.41) is 11.7. The molecular formula is C9H16N2O3. The van der Waals surface area contributed by atoms with Crippen LogP contribution in [0.2, 0.25) is 0 Å². The van der Waals surface area contributed by atoms with E-state index < -0.39 is 5.97 Å². The number of carboxylic acid groups (broad SMARTS) is 1. The maximum atomic E-state index is 11.5. The Hall–Kier alpha value is -1.10. The highest BCUT2D eigenvalue weighted by Crippen LogP contribution is 2.09. The van der Waals surface area contributed by atoms with E-state index in [1.807, 2.05) is 0 Å². The van der Waals surface area contributed by atoms with Crippen LogP contribution in [0.1, 0.15) is 19.3 Å². The largest absolute Gasteiger partial charge is 0.480 e. The van der Waals surface area contributed by atoms with Gasteiger partial charge < -0.3 is 15.3 Å². The first-order valence-electron chi connectivity index (χ1n) is 4.78. The maximum Gasteiger partial charge on any atom is 0.323 e. The van der Waals surface area contributed by atoms with Crippen LogP contribution < -0.4 is 5.32 Å². The van der Waals surface area contributed by atoms with Gasteiger partial charge in [0.2, 0.25) is 5.91 Å². The topological polar surface area (TPSA) is 69.6 Å². The fourth-order valence-corrected chi connectivity index (χ4v) is 1.59. The van der Waals surface area contributed by atoms with Crippen LogP contribution in [0.3, 0.4) is 0 Å². The molecule has 0 spiro atoms. The van der Waals surface area contributed by atoms with Crippen molar-refractivity contribution in [3.05, 3.63) is 0 Å². The molecule has 0 aliphatic carbocycles. The summed E-state index contributed by atoms with van der Waals surface area (Å²) >= 11 is 0. The van der Waals surface area contributed by atoms with Crippen molar-refractivity contribution in [2.45, 2.75) is 25.3 Å². The lowest BCUT2D eigenvalue weighted by Gasteiger charge is -2.17. The van der Waals surface area contributed by atoms with Crippen molar-refractivity contribution in [3.8, 4) is 0 Å². The van der Waals surface area contributed by atoms with Crippen LogP contribution in [0.5, 0.6) is 0 Å². The first-order valence-corrected chi connectivity index (χ1v) is 4.78. The molecule has 1 unspecified atom stereocenters. The molecular weight excluding hydrogens is 184 g/mol. The fraction of sp³-hybridized carbons (Fsp3) is 0.778. The van der Waals surface area contributed by atoms with Gasteiger partial charge in [0.05, 0.1) is 0 Å². The van der Waals surface area contributed by atoms with Crippen molar-refractivity contribution in [2.75, 3.05) is 20.1 Å². The highest BCUT2D eigenvalue weighted by Gasteiger charge is 2.20. The maximum absolute atomic E-state index is 11.5. The van der Waals surface area contributed by atoms with E-state index in [1.165, 1.54) is 11.9 Å². The van der Waals surface area contributed by atoms with E-state index in [4.69, 9.17) is 5.11 Å². The number of hydrogen-bond acceptors (Lipinski definition) is 3. The van der Waals surface area contributed by atoms with E-state index in [9.17, 15) is 9.59 Å². The molecule has 0 aromatic carbocycles. The van der Waals surface area contributed by atoms with Crippen LogP contribution in [0.15, 0.2) is 0 Å². The van der Waals surface area contributed by atoms with Gasteiger partial charge in [-0.3, -0.25) is 9.59 Å². The zero-order chi connectivity index (χ0) is 10.6. The predicted molar refractivity (Wildman–Crippen MR) is 50.9 cm³/mol. The van der Waals surface area contributed by atoms with Crippen LogP contribution in [0.25, 0.3) is 0 Å². The van der Waals surface area contributed by atoms with Gasteiger partial charge in [-0.25, -0.2) is 0 Å². The second-order valence-corrected chi connectivity index (χ2v) is 3.64. The van der Waals surface area contributed by atoms with Crippen molar-refractivity contribution < 1.29 is 14.7 Å². The highest BCUT2D eigenvalue weighted by atomic mass is 16.4. The monoisotopic (exact) mass is 200 g/mol. The summed E-state index contributed by atoms with van der Waals surface area (Å²) in [6.45, 7) is 0.742. The van der Waals surface area contributed by atoms with Gasteiger partial charge in [-0.1, -0.05) is 0 Å². The summed E-state index contributed by atoms with van der Waals surface area (Å²) in [5.41, 5.74) is 0. The lowest BCUT2D eigenvalue weighted by atomic mass is 10.1. The molecule has 0 radical (unpaired) electrons. The van der Waals surface area contributed by atoms with Crippen molar-refractivity contribution in [1.82, 2.24) is 10.2 Å². The highest BCUT2D eigenvalue weighted by molar-refractivity contribution is 5.81. The molecule has 1 fully saturated rings. The Morgan fingerprint density at radius 1 is 1.57 bits per heavy atom. The lowest BCUT2D eigenvalue weighted by Crippen LogP contribution is -2.36. The summed E-state index contributed by atoms with van der Waals surface area (Å²) in [6, 6.07) is 0.235. The van der Waals surface area contributed by atoms with Crippen LogP contribution in [-0.4, -0.2) is 48.1 Å².